The molecule has 2 fully saturated rings. The molecule has 12 heteroatoms. The molecule has 166 valence electrons. The molecule has 5 rings (SSSR count). The highest BCUT2D eigenvalue weighted by molar-refractivity contribution is 7.89. The van der Waals surface area contributed by atoms with Crippen molar-refractivity contribution in [3.05, 3.63) is 29.1 Å². The Morgan fingerprint density at radius 3 is 2.55 bits per heavy atom. The van der Waals surface area contributed by atoms with Gasteiger partial charge in [0.25, 0.3) is 0 Å². The van der Waals surface area contributed by atoms with E-state index in [1.54, 1.807) is 17.8 Å². The summed E-state index contributed by atoms with van der Waals surface area (Å²) in [5, 5.41) is 7.29. The van der Waals surface area contributed by atoms with Gasteiger partial charge < -0.3 is 10.3 Å². The SMILES string of the molecule is Cn1cc(S(=O)(=O)N2CCC(Nc3ncc4[nH]c(=O)n(C5CCCC5)c4n3)CC2)cn1. The maximum Gasteiger partial charge on any atom is 0.327 e. The predicted octanol–water partition coefficient (Wildman–Crippen LogP) is 1.23. The minimum absolute atomic E-state index is 0.0587. The van der Waals surface area contributed by atoms with Crippen LogP contribution in [0, 0.1) is 0 Å². The largest absolute Gasteiger partial charge is 0.351 e. The smallest absolute Gasteiger partial charge is 0.327 e. The van der Waals surface area contributed by atoms with E-state index in [0.717, 1.165) is 25.7 Å². The zero-order chi connectivity index (χ0) is 21.6. The number of imidazole rings is 1. The zero-order valence-electron chi connectivity index (χ0n) is 17.4. The Morgan fingerprint density at radius 2 is 1.87 bits per heavy atom. The number of hydrogen-bond donors (Lipinski definition) is 2. The summed E-state index contributed by atoms with van der Waals surface area (Å²) >= 11 is 0. The monoisotopic (exact) mass is 446 g/mol. The van der Waals surface area contributed by atoms with Crippen LogP contribution >= 0.6 is 0 Å². The molecule has 3 aromatic rings. The molecule has 3 aromatic heterocycles. The fourth-order valence-electron chi connectivity index (χ4n) is 4.59. The van der Waals surface area contributed by atoms with Crippen LogP contribution in [0.1, 0.15) is 44.6 Å². The number of H-pyrrole nitrogens is 1. The van der Waals surface area contributed by atoms with Crippen molar-refractivity contribution in [1.29, 1.82) is 0 Å². The van der Waals surface area contributed by atoms with Crippen molar-refractivity contribution in [1.82, 2.24) is 33.6 Å². The highest BCUT2D eigenvalue weighted by Gasteiger charge is 2.30. The van der Waals surface area contributed by atoms with Crippen LogP contribution in [-0.4, -0.2) is 61.2 Å². The topological polar surface area (TPSA) is 131 Å². The van der Waals surface area contributed by atoms with E-state index in [2.05, 4.69) is 25.4 Å². The fraction of sp³-hybridized carbons (Fsp3) is 0.579. The molecule has 2 N–H and O–H groups in total. The van der Waals surface area contributed by atoms with Gasteiger partial charge in [-0.05, 0) is 25.7 Å². The lowest BCUT2D eigenvalue weighted by Crippen LogP contribution is -2.42. The molecule has 0 amide bonds. The summed E-state index contributed by atoms with van der Waals surface area (Å²) in [6, 6.07) is 0.244. The van der Waals surface area contributed by atoms with Gasteiger partial charge in [-0.2, -0.15) is 14.4 Å². The number of rotatable bonds is 5. The molecule has 0 aromatic carbocycles. The number of anilines is 1. The lowest BCUT2D eigenvalue weighted by atomic mass is 10.1. The second-order valence-corrected chi connectivity index (χ2v) is 10.3. The maximum absolute atomic E-state index is 12.8. The Morgan fingerprint density at radius 1 is 1.13 bits per heavy atom. The average Bonchev–Trinajstić information content (AvgIpc) is 3.48. The molecule has 1 aliphatic carbocycles. The summed E-state index contributed by atoms with van der Waals surface area (Å²) in [6.45, 7) is 0.822. The summed E-state index contributed by atoms with van der Waals surface area (Å²) in [4.78, 5) is 24.5. The van der Waals surface area contributed by atoms with Crippen LogP contribution in [-0.2, 0) is 17.1 Å². The van der Waals surface area contributed by atoms with Crippen LogP contribution < -0.4 is 11.0 Å². The van der Waals surface area contributed by atoms with Crippen molar-refractivity contribution >= 4 is 27.1 Å². The van der Waals surface area contributed by atoms with Crippen LogP contribution in [0.4, 0.5) is 5.95 Å². The number of fused-ring (bicyclic) bond motifs is 1. The lowest BCUT2D eigenvalue weighted by Gasteiger charge is -2.31. The molecule has 1 saturated heterocycles. The summed E-state index contributed by atoms with van der Waals surface area (Å²) in [5.74, 6) is 0.465. The van der Waals surface area contributed by atoms with Gasteiger partial charge in [0.15, 0.2) is 5.65 Å². The van der Waals surface area contributed by atoms with Gasteiger partial charge in [-0.15, -0.1) is 0 Å². The molecular weight excluding hydrogens is 420 g/mol. The van der Waals surface area contributed by atoms with E-state index in [9.17, 15) is 13.2 Å². The first-order chi connectivity index (χ1) is 14.9. The van der Waals surface area contributed by atoms with E-state index in [4.69, 9.17) is 0 Å². The highest BCUT2D eigenvalue weighted by Crippen LogP contribution is 2.30. The zero-order valence-corrected chi connectivity index (χ0v) is 18.2. The molecule has 0 radical (unpaired) electrons. The van der Waals surface area contributed by atoms with Gasteiger partial charge in [0.05, 0.1) is 12.4 Å². The second kappa shape index (κ2) is 7.75. The minimum atomic E-state index is -3.53. The number of hydrogen-bond acceptors (Lipinski definition) is 7. The van der Waals surface area contributed by atoms with E-state index in [1.165, 1.54) is 21.4 Å². The number of aromatic amines is 1. The van der Waals surface area contributed by atoms with Crippen molar-refractivity contribution in [2.75, 3.05) is 18.4 Å². The Labute approximate surface area is 179 Å². The van der Waals surface area contributed by atoms with Gasteiger partial charge in [0, 0.05) is 38.4 Å². The first kappa shape index (κ1) is 20.2. The number of sulfonamides is 1. The quantitative estimate of drug-likeness (QED) is 0.603. The third kappa shape index (κ3) is 3.74. The molecule has 11 nitrogen and oxygen atoms in total. The third-order valence-electron chi connectivity index (χ3n) is 6.25. The van der Waals surface area contributed by atoms with Gasteiger partial charge in [0.2, 0.25) is 16.0 Å². The van der Waals surface area contributed by atoms with E-state index >= 15 is 0 Å². The molecule has 1 aliphatic heterocycles. The molecule has 0 atom stereocenters. The minimum Gasteiger partial charge on any atom is -0.351 e. The molecule has 1 saturated carbocycles. The number of nitrogens with zero attached hydrogens (tertiary/aromatic N) is 6. The van der Waals surface area contributed by atoms with Gasteiger partial charge >= 0.3 is 5.69 Å². The number of piperidine rings is 1. The molecular formula is C19H26N8O3S. The van der Waals surface area contributed by atoms with Crippen LogP contribution in [0.2, 0.25) is 0 Å². The van der Waals surface area contributed by atoms with Crippen LogP contribution in [0.15, 0.2) is 28.3 Å². The van der Waals surface area contributed by atoms with E-state index < -0.39 is 10.0 Å². The highest BCUT2D eigenvalue weighted by atomic mass is 32.2. The lowest BCUT2D eigenvalue weighted by molar-refractivity contribution is 0.329. The van der Waals surface area contributed by atoms with Crippen molar-refractivity contribution in [3.63, 3.8) is 0 Å². The number of nitrogens with one attached hydrogen (secondary N) is 2. The molecule has 0 bridgehead atoms. The van der Waals surface area contributed by atoms with E-state index in [1.807, 2.05) is 0 Å². The van der Waals surface area contributed by atoms with Crippen molar-refractivity contribution < 1.29 is 8.42 Å². The van der Waals surface area contributed by atoms with Gasteiger partial charge in [0.1, 0.15) is 10.4 Å². The van der Waals surface area contributed by atoms with Crippen molar-refractivity contribution in [2.45, 2.75) is 55.5 Å². The molecule has 31 heavy (non-hydrogen) atoms. The predicted molar refractivity (Wildman–Crippen MR) is 114 cm³/mol. The Hall–Kier alpha value is -2.73. The van der Waals surface area contributed by atoms with Crippen LogP contribution in [0.3, 0.4) is 0 Å². The first-order valence-electron chi connectivity index (χ1n) is 10.6. The molecule has 4 heterocycles. The van der Waals surface area contributed by atoms with Crippen molar-refractivity contribution in [2.24, 2.45) is 7.05 Å². The summed E-state index contributed by atoms with van der Waals surface area (Å²) in [7, 11) is -1.83. The normalized spacial score (nSPS) is 19.4. The standard InChI is InChI=1S/C19H26N8O3S/c1-25-12-15(10-21-25)31(29,30)26-8-6-13(7-9-26)22-18-20-11-16-17(24-18)27(19(28)23-16)14-4-2-3-5-14/h10-14H,2-9H2,1H3,(H,23,28)(H,20,22,24). The van der Waals surface area contributed by atoms with Crippen molar-refractivity contribution in [3.8, 4) is 0 Å². The van der Waals surface area contributed by atoms with Gasteiger partial charge in [-0.25, -0.2) is 18.2 Å². The van der Waals surface area contributed by atoms with Gasteiger partial charge in [-0.1, -0.05) is 12.8 Å². The third-order valence-corrected chi connectivity index (χ3v) is 8.10. The summed E-state index contributed by atoms with van der Waals surface area (Å²) in [6.07, 6.45) is 10.0. The molecule has 0 unspecified atom stereocenters. The summed E-state index contributed by atoms with van der Waals surface area (Å²) in [5.41, 5.74) is 1.13. The van der Waals surface area contributed by atoms with E-state index in [-0.39, 0.29) is 22.7 Å². The van der Waals surface area contributed by atoms with Crippen LogP contribution in [0.25, 0.3) is 11.2 Å². The molecule has 2 aliphatic rings. The number of aryl methyl sites for hydroxylation is 1. The number of aromatic nitrogens is 6. The van der Waals surface area contributed by atoms with Crippen LogP contribution in [0.5, 0.6) is 0 Å². The first-order valence-corrected chi connectivity index (χ1v) is 12.1. The Kier molecular flexibility index (Phi) is 5.05. The average molecular weight is 447 g/mol. The fourth-order valence-corrected chi connectivity index (χ4v) is 6.05. The Balaban J connectivity index is 1.29. The maximum atomic E-state index is 12.8. The van der Waals surface area contributed by atoms with E-state index in [0.29, 0.717) is 43.0 Å². The Bertz CT molecular complexity index is 1250. The van der Waals surface area contributed by atoms with Gasteiger partial charge in [-0.3, -0.25) is 9.25 Å². The summed E-state index contributed by atoms with van der Waals surface area (Å²) < 4.78 is 30.3. The second-order valence-electron chi connectivity index (χ2n) is 8.34. The molecule has 0 spiro atoms.